The molecular weight excluding hydrogens is 200 g/mol. The SMILES string of the molecule is CN(Cc1ccccc1)/N=C/CCCC=O. The van der Waals surface area contributed by atoms with Crippen LogP contribution in [0.5, 0.6) is 0 Å². The highest BCUT2D eigenvalue weighted by Gasteiger charge is 1.94. The van der Waals surface area contributed by atoms with Gasteiger partial charge in [0.1, 0.15) is 6.29 Å². The van der Waals surface area contributed by atoms with Crippen LogP contribution in [0.2, 0.25) is 0 Å². The van der Waals surface area contributed by atoms with Crippen molar-refractivity contribution in [2.45, 2.75) is 25.8 Å². The van der Waals surface area contributed by atoms with Gasteiger partial charge in [-0.3, -0.25) is 5.01 Å². The van der Waals surface area contributed by atoms with Crippen molar-refractivity contribution in [3.63, 3.8) is 0 Å². The summed E-state index contributed by atoms with van der Waals surface area (Å²) >= 11 is 0. The summed E-state index contributed by atoms with van der Waals surface area (Å²) in [7, 11) is 1.95. The topological polar surface area (TPSA) is 32.7 Å². The third-order valence-electron chi connectivity index (χ3n) is 2.19. The maximum atomic E-state index is 10.1. The molecule has 0 aliphatic rings. The number of hydrogen-bond acceptors (Lipinski definition) is 3. The van der Waals surface area contributed by atoms with Crippen LogP contribution in [0.4, 0.5) is 0 Å². The van der Waals surface area contributed by atoms with Gasteiger partial charge in [0.2, 0.25) is 0 Å². The second-order valence-electron chi connectivity index (χ2n) is 3.70. The highest BCUT2D eigenvalue weighted by molar-refractivity contribution is 5.58. The van der Waals surface area contributed by atoms with Crippen molar-refractivity contribution in [3.05, 3.63) is 35.9 Å². The van der Waals surface area contributed by atoms with E-state index in [0.717, 1.165) is 25.7 Å². The fourth-order valence-corrected chi connectivity index (χ4v) is 1.38. The summed E-state index contributed by atoms with van der Waals surface area (Å²) in [4.78, 5) is 10.1. The molecule has 0 N–H and O–H groups in total. The molecule has 0 atom stereocenters. The summed E-state index contributed by atoms with van der Waals surface area (Å²) in [6.45, 7) is 0.811. The molecule has 16 heavy (non-hydrogen) atoms. The Morgan fingerprint density at radius 2 is 2.00 bits per heavy atom. The van der Waals surface area contributed by atoms with Gasteiger partial charge in [0, 0.05) is 19.7 Å². The molecule has 0 saturated heterocycles. The van der Waals surface area contributed by atoms with E-state index >= 15 is 0 Å². The first kappa shape index (κ1) is 12.4. The van der Waals surface area contributed by atoms with E-state index in [1.54, 1.807) is 0 Å². The van der Waals surface area contributed by atoms with E-state index in [4.69, 9.17) is 0 Å². The van der Waals surface area contributed by atoms with Crippen LogP contribution in [0.15, 0.2) is 35.4 Å². The number of rotatable bonds is 7. The third kappa shape index (κ3) is 5.29. The lowest BCUT2D eigenvalue weighted by Gasteiger charge is -2.12. The van der Waals surface area contributed by atoms with Gasteiger partial charge < -0.3 is 4.79 Å². The van der Waals surface area contributed by atoms with E-state index in [1.807, 2.05) is 36.5 Å². The minimum Gasteiger partial charge on any atom is -0.303 e. The predicted octanol–water partition coefficient (Wildman–Crippen LogP) is 2.47. The Morgan fingerprint density at radius 3 is 2.69 bits per heavy atom. The van der Waals surface area contributed by atoms with Crippen molar-refractivity contribution in [1.29, 1.82) is 0 Å². The Balaban J connectivity index is 2.25. The lowest BCUT2D eigenvalue weighted by atomic mass is 10.2. The van der Waals surface area contributed by atoms with Gasteiger partial charge in [-0.2, -0.15) is 5.10 Å². The van der Waals surface area contributed by atoms with Crippen LogP contribution in [0.25, 0.3) is 0 Å². The average Bonchev–Trinajstić information content (AvgIpc) is 2.30. The molecule has 0 aromatic heterocycles. The number of carbonyl (C=O) groups is 1. The second kappa shape index (κ2) is 7.63. The van der Waals surface area contributed by atoms with Gasteiger partial charge in [0.05, 0.1) is 6.54 Å². The zero-order chi connectivity index (χ0) is 11.6. The zero-order valence-electron chi connectivity index (χ0n) is 9.67. The Morgan fingerprint density at radius 1 is 1.25 bits per heavy atom. The minimum atomic E-state index is 0.619. The third-order valence-corrected chi connectivity index (χ3v) is 2.19. The molecule has 0 spiro atoms. The Bertz CT molecular complexity index is 322. The van der Waals surface area contributed by atoms with E-state index in [1.165, 1.54) is 5.56 Å². The molecule has 0 fully saturated rings. The quantitative estimate of drug-likeness (QED) is 0.305. The lowest BCUT2D eigenvalue weighted by molar-refractivity contribution is -0.107. The van der Waals surface area contributed by atoms with E-state index in [2.05, 4.69) is 17.2 Å². The number of aldehydes is 1. The Labute approximate surface area is 96.8 Å². The Hall–Kier alpha value is -1.64. The zero-order valence-corrected chi connectivity index (χ0v) is 9.67. The summed E-state index contributed by atoms with van der Waals surface area (Å²) in [6, 6.07) is 10.2. The highest BCUT2D eigenvalue weighted by atomic mass is 16.1. The van der Waals surface area contributed by atoms with Crippen molar-refractivity contribution in [3.8, 4) is 0 Å². The standard InChI is InChI=1S/C13H18N2O/c1-15(14-10-6-3-7-11-16)12-13-8-4-2-5-9-13/h2,4-5,8-11H,3,6-7,12H2,1H3/b14-10+. The smallest absolute Gasteiger partial charge is 0.120 e. The number of benzene rings is 1. The van der Waals surface area contributed by atoms with Gasteiger partial charge in [0.15, 0.2) is 0 Å². The lowest BCUT2D eigenvalue weighted by Crippen LogP contribution is -2.10. The fraction of sp³-hybridized carbons (Fsp3) is 0.385. The van der Waals surface area contributed by atoms with E-state index < -0.39 is 0 Å². The largest absolute Gasteiger partial charge is 0.303 e. The summed E-state index contributed by atoms with van der Waals surface area (Å²) in [5.41, 5.74) is 1.25. The molecular formula is C13H18N2O. The van der Waals surface area contributed by atoms with Gasteiger partial charge in [0.25, 0.3) is 0 Å². The molecule has 1 aromatic rings. The fourth-order valence-electron chi connectivity index (χ4n) is 1.38. The first-order valence-electron chi connectivity index (χ1n) is 5.54. The first-order valence-corrected chi connectivity index (χ1v) is 5.54. The molecule has 3 heteroatoms. The van der Waals surface area contributed by atoms with Crippen LogP contribution in [0.3, 0.4) is 0 Å². The van der Waals surface area contributed by atoms with Crippen molar-refractivity contribution >= 4 is 12.5 Å². The molecule has 3 nitrogen and oxygen atoms in total. The molecule has 0 saturated carbocycles. The minimum absolute atomic E-state index is 0.619. The van der Waals surface area contributed by atoms with Crippen LogP contribution in [0, 0.1) is 0 Å². The number of carbonyl (C=O) groups excluding carboxylic acids is 1. The molecule has 0 aliphatic heterocycles. The second-order valence-corrected chi connectivity index (χ2v) is 3.70. The molecule has 0 radical (unpaired) electrons. The number of nitrogens with zero attached hydrogens (tertiary/aromatic N) is 2. The highest BCUT2D eigenvalue weighted by Crippen LogP contribution is 2.02. The predicted molar refractivity (Wildman–Crippen MR) is 66.3 cm³/mol. The summed E-state index contributed by atoms with van der Waals surface area (Å²) in [6.07, 6.45) is 5.17. The molecule has 0 heterocycles. The summed E-state index contributed by atoms with van der Waals surface area (Å²) in [5.74, 6) is 0. The van der Waals surface area contributed by atoms with Crippen LogP contribution in [-0.2, 0) is 11.3 Å². The first-order chi connectivity index (χ1) is 7.83. The monoisotopic (exact) mass is 218 g/mol. The van der Waals surface area contributed by atoms with Crippen LogP contribution < -0.4 is 0 Å². The maximum absolute atomic E-state index is 10.1. The number of unbranched alkanes of at least 4 members (excludes halogenated alkanes) is 2. The van der Waals surface area contributed by atoms with Crippen molar-refractivity contribution in [1.82, 2.24) is 5.01 Å². The van der Waals surface area contributed by atoms with Crippen molar-refractivity contribution < 1.29 is 4.79 Å². The molecule has 0 amide bonds. The summed E-state index contributed by atoms with van der Waals surface area (Å²) < 4.78 is 0. The van der Waals surface area contributed by atoms with Gasteiger partial charge in [-0.15, -0.1) is 0 Å². The molecule has 0 unspecified atom stereocenters. The molecule has 1 aromatic carbocycles. The van der Waals surface area contributed by atoms with Gasteiger partial charge in [-0.25, -0.2) is 0 Å². The van der Waals surface area contributed by atoms with E-state index in [-0.39, 0.29) is 0 Å². The van der Waals surface area contributed by atoms with Crippen LogP contribution >= 0.6 is 0 Å². The molecule has 1 rings (SSSR count). The maximum Gasteiger partial charge on any atom is 0.120 e. The van der Waals surface area contributed by atoms with Crippen LogP contribution in [0.1, 0.15) is 24.8 Å². The van der Waals surface area contributed by atoms with Crippen molar-refractivity contribution in [2.24, 2.45) is 5.10 Å². The molecule has 0 bridgehead atoms. The normalized spacial score (nSPS) is 10.6. The number of hydrazone groups is 1. The van der Waals surface area contributed by atoms with Gasteiger partial charge >= 0.3 is 0 Å². The summed E-state index contributed by atoms with van der Waals surface area (Å²) in [5, 5.41) is 6.18. The molecule has 86 valence electrons. The molecule has 0 aliphatic carbocycles. The van der Waals surface area contributed by atoms with Gasteiger partial charge in [-0.05, 0) is 18.4 Å². The Kier molecular flexibility index (Phi) is 5.92. The van der Waals surface area contributed by atoms with E-state index in [0.29, 0.717) is 6.42 Å². The average molecular weight is 218 g/mol. The van der Waals surface area contributed by atoms with Crippen molar-refractivity contribution in [2.75, 3.05) is 7.05 Å². The van der Waals surface area contributed by atoms with Gasteiger partial charge in [-0.1, -0.05) is 30.3 Å². The number of hydrogen-bond donors (Lipinski definition) is 0. The van der Waals surface area contributed by atoms with Crippen LogP contribution in [-0.4, -0.2) is 24.6 Å². The van der Waals surface area contributed by atoms with E-state index in [9.17, 15) is 4.79 Å².